The average molecular weight is 290 g/mol. The van der Waals surface area contributed by atoms with Crippen LogP contribution in [0.1, 0.15) is 27.7 Å². The van der Waals surface area contributed by atoms with E-state index < -0.39 is 9.84 Å². The normalized spacial score (nSPS) is 21.2. The minimum atomic E-state index is -3.04. The first-order valence-corrected chi connectivity index (χ1v) is 8.78. The average Bonchev–Trinajstić information content (AvgIpc) is 2.10. The summed E-state index contributed by atoms with van der Waals surface area (Å²) in [6, 6.07) is 0. The highest BCUT2D eigenvalue weighted by Gasteiger charge is 2.38. The molecular formula is C13H26N2O3S. The van der Waals surface area contributed by atoms with E-state index in [1.54, 1.807) is 4.90 Å². The van der Waals surface area contributed by atoms with Crippen LogP contribution in [0.3, 0.4) is 0 Å². The lowest BCUT2D eigenvalue weighted by Gasteiger charge is -2.47. The molecule has 1 amide bonds. The lowest BCUT2D eigenvalue weighted by Crippen LogP contribution is -2.63. The smallest absolute Gasteiger partial charge is 0.237 e. The zero-order chi connectivity index (χ0) is 14.8. The van der Waals surface area contributed by atoms with Crippen LogP contribution < -0.4 is 0 Å². The van der Waals surface area contributed by atoms with Crippen LogP contribution in [0, 0.1) is 5.92 Å². The predicted molar refractivity (Wildman–Crippen MR) is 76.8 cm³/mol. The van der Waals surface area contributed by atoms with E-state index in [1.807, 2.05) is 13.8 Å². The van der Waals surface area contributed by atoms with E-state index in [0.29, 0.717) is 19.0 Å². The van der Waals surface area contributed by atoms with Crippen molar-refractivity contribution >= 4 is 15.7 Å². The third-order valence-corrected chi connectivity index (χ3v) is 4.23. The van der Waals surface area contributed by atoms with Crippen molar-refractivity contribution < 1.29 is 13.2 Å². The molecule has 0 radical (unpaired) electrons. The largest absolute Gasteiger partial charge is 0.334 e. The molecule has 1 fully saturated rings. The molecule has 0 saturated carbocycles. The second kappa shape index (κ2) is 5.79. The van der Waals surface area contributed by atoms with E-state index in [9.17, 15) is 13.2 Å². The Morgan fingerprint density at radius 3 is 2.32 bits per heavy atom. The molecule has 112 valence electrons. The highest BCUT2D eigenvalue weighted by Crippen LogP contribution is 2.22. The van der Waals surface area contributed by atoms with Gasteiger partial charge in [0.25, 0.3) is 0 Å². The Kier molecular flexibility index (Phi) is 5.01. The fourth-order valence-electron chi connectivity index (χ4n) is 2.63. The van der Waals surface area contributed by atoms with Crippen LogP contribution in [-0.4, -0.2) is 67.9 Å². The van der Waals surface area contributed by atoms with E-state index in [1.165, 1.54) is 6.26 Å². The maximum absolute atomic E-state index is 12.2. The number of nitrogens with zero attached hydrogens (tertiary/aromatic N) is 2. The van der Waals surface area contributed by atoms with Crippen LogP contribution in [-0.2, 0) is 14.6 Å². The molecule has 0 aliphatic carbocycles. The van der Waals surface area contributed by atoms with Crippen LogP contribution in [0.4, 0.5) is 0 Å². The Morgan fingerprint density at radius 2 is 1.89 bits per heavy atom. The lowest BCUT2D eigenvalue weighted by atomic mass is 9.97. The first-order chi connectivity index (χ1) is 8.51. The Balaban J connectivity index is 2.72. The second-order valence-electron chi connectivity index (χ2n) is 6.55. The number of rotatable bonds is 5. The molecule has 0 N–H and O–H groups in total. The summed E-state index contributed by atoms with van der Waals surface area (Å²) in [5, 5.41) is 0. The summed E-state index contributed by atoms with van der Waals surface area (Å²) in [5.41, 5.74) is -0.311. The van der Waals surface area contributed by atoms with Gasteiger partial charge in [-0.1, -0.05) is 13.8 Å². The predicted octanol–water partition coefficient (Wildman–Crippen LogP) is 0.610. The molecule has 1 rings (SSSR count). The number of hydrogen-bond acceptors (Lipinski definition) is 4. The van der Waals surface area contributed by atoms with Crippen molar-refractivity contribution in [3.05, 3.63) is 0 Å². The van der Waals surface area contributed by atoms with Gasteiger partial charge in [0.15, 0.2) is 0 Å². The molecule has 5 nitrogen and oxygen atoms in total. The van der Waals surface area contributed by atoms with E-state index in [0.717, 1.165) is 13.1 Å². The molecule has 0 spiro atoms. The number of carbonyl (C=O) groups is 1. The van der Waals surface area contributed by atoms with Gasteiger partial charge in [0.05, 0.1) is 17.8 Å². The van der Waals surface area contributed by atoms with Gasteiger partial charge in [-0.2, -0.15) is 0 Å². The summed E-state index contributed by atoms with van der Waals surface area (Å²) in [4.78, 5) is 16.1. The molecule has 0 bridgehead atoms. The number of amides is 1. The van der Waals surface area contributed by atoms with Crippen molar-refractivity contribution in [2.45, 2.75) is 33.2 Å². The van der Waals surface area contributed by atoms with Gasteiger partial charge in [0, 0.05) is 25.9 Å². The number of piperazine rings is 1. The van der Waals surface area contributed by atoms with Gasteiger partial charge >= 0.3 is 0 Å². The second-order valence-corrected chi connectivity index (χ2v) is 8.81. The zero-order valence-corrected chi connectivity index (χ0v) is 13.5. The molecule has 0 aromatic heterocycles. The van der Waals surface area contributed by atoms with Crippen LogP contribution in [0.25, 0.3) is 0 Å². The van der Waals surface area contributed by atoms with Crippen LogP contribution in [0.5, 0.6) is 0 Å². The molecule has 1 heterocycles. The molecule has 6 heteroatoms. The van der Waals surface area contributed by atoms with Gasteiger partial charge in [-0.05, 0) is 19.8 Å². The fraction of sp³-hybridized carbons (Fsp3) is 0.923. The summed E-state index contributed by atoms with van der Waals surface area (Å²) in [5.74, 6) is 0.582. The van der Waals surface area contributed by atoms with E-state index in [2.05, 4.69) is 18.7 Å². The van der Waals surface area contributed by atoms with E-state index in [4.69, 9.17) is 0 Å². The molecule has 0 aromatic rings. The van der Waals surface area contributed by atoms with Crippen molar-refractivity contribution in [2.24, 2.45) is 5.92 Å². The van der Waals surface area contributed by atoms with Crippen LogP contribution in [0.15, 0.2) is 0 Å². The molecule has 1 aliphatic heterocycles. The summed E-state index contributed by atoms with van der Waals surface area (Å²) in [7, 11) is -3.04. The highest BCUT2D eigenvalue weighted by atomic mass is 32.2. The molecule has 0 aromatic carbocycles. The topological polar surface area (TPSA) is 57.7 Å². The highest BCUT2D eigenvalue weighted by molar-refractivity contribution is 7.90. The molecule has 0 atom stereocenters. The van der Waals surface area contributed by atoms with Gasteiger partial charge in [0.1, 0.15) is 9.84 Å². The van der Waals surface area contributed by atoms with Crippen molar-refractivity contribution in [3.63, 3.8) is 0 Å². The SMILES string of the molecule is CC(C)CN1CC(=O)N(CCS(C)(=O)=O)C(C)(C)C1. The fourth-order valence-corrected chi connectivity index (χ4v) is 3.15. The molecule has 0 unspecified atom stereocenters. The van der Waals surface area contributed by atoms with Gasteiger partial charge < -0.3 is 4.90 Å². The summed E-state index contributed by atoms with van der Waals surface area (Å²) in [6.07, 6.45) is 1.21. The maximum atomic E-state index is 12.2. The third kappa shape index (κ3) is 5.10. The Bertz CT molecular complexity index is 429. The molecule has 1 saturated heterocycles. The van der Waals surface area contributed by atoms with Crippen LogP contribution in [0.2, 0.25) is 0 Å². The Labute approximate surface area is 116 Å². The monoisotopic (exact) mass is 290 g/mol. The minimum absolute atomic E-state index is 0.0283. The van der Waals surface area contributed by atoms with Gasteiger partial charge in [-0.25, -0.2) is 8.42 Å². The third-order valence-electron chi connectivity index (χ3n) is 3.31. The van der Waals surface area contributed by atoms with Gasteiger partial charge in [-0.3, -0.25) is 9.69 Å². The summed E-state index contributed by atoms with van der Waals surface area (Å²) >= 11 is 0. The standard InChI is InChI=1S/C13H26N2O3S/c1-11(2)8-14-9-12(16)15(13(3,4)10-14)6-7-19(5,17)18/h11H,6-10H2,1-5H3. The first kappa shape index (κ1) is 16.4. The van der Waals surface area contributed by atoms with Crippen LogP contribution >= 0.6 is 0 Å². The van der Waals surface area contributed by atoms with Crippen molar-refractivity contribution in [2.75, 3.05) is 38.2 Å². The number of hydrogen-bond donors (Lipinski definition) is 0. The molecular weight excluding hydrogens is 264 g/mol. The quantitative estimate of drug-likeness (QED) is 0.744. The maximum Gasteiger partial charge on any atom is 0.237 e. The Morgan fingerprint density at radius 1 is 1.32 bits per heavy atom. The van der Waals surface area contributed by atoms with Crippen molar-refractivity contribution in [1.29, 1.82) is 0 Å². The summed E-state index contributed by atoms with van der Waals surface area (Å²) in [6.45, 7) is 10.6. The van der Waals surface area contributed by atoms with E-state index >= 15 is 0 Å². The summed E-state index contributed by atoms with van der Waals surface area (Å²) < 4.78 is 22.5. The number of carbonyl (C=O) groups excluding carboxylic acids is 1. The first-order valence-electron chi connectivity index (χ1n) is 6.72. The van der Waals surface area contributed by atoms with Gasteiger partial charge in [-0.15, -0.1) is 0 Å². The van der Waals surface area contributed by atoms with Gasteiger partial charge in [0.2, 0.25) is 5.91 Å². The van der Waals surface area contributed by atoms with Crippen molar-refractivity contribution in [1.82, 2.24) is 9.80 Å². The zero-order valence-electron chi connectivity index (χ0n) is 12.6. The minimum Gasteiger partial charge on any atom is -0.334 e. The number of sulfone groups is 1. The molecule has 19 heavy (non-hydrogen) atoms. The van der Waals surface area contributed by atoms with Crippen molar-refractivity contribution in [3.8, 4) is 0 Å². The van der Waals surface area contributed by atoms with E-state index in [-0.39, 0.29) is 17.2 Å². The Hall–Kier alpha value is -0.620. The molecule has 1 aliphatic rings. The lowest BCUT2D eigenvalue weighted by molar-refractivity contribution is -0.144.